The van der Waals surface area contributed by atoms with E-state index < -0.39 is 0 Å². The molecule has 0 unspecified atom stereocenters. The number of fused-ring (bicyclic) bond motifs is 1. The summed E-state index contributed by atoms with van der Waals surface area (Å²) in [6.45, 7) is 7.63. The fourth-order valence-corrected chi connectivity index (χ4v) is 7.01. The summed E-state index contributed by atoms with van der Waals surface area (Å²) in [4.78, 5) is 17.2. The molecule has 2 fully saturated rings. The summed E-state index contributed by atoms with van der Waals surface area (Å²) in [6.07, 6.45) is 2.90. The Kier molecular flexibility index (Phi) is 8.80. The van der Waals surface area contributed by atoms with E-state index in [1.165, 1.54) is 22.4 Å². The van der Waals surface area contributed by atoms with E-state index in [1.807, 2.05) is 0 Å². The minimum atomic E-state index is -0.0290. The zero-order chi connectivity index (χ0) is 30.5. The molecule has 9 heteroatoms. The molecule has 3 aromatic carbocycles. The zero-order valence-electron chi connectivity index (χ0n) is 25.7. The van der Waals surface area contributed by atoms with Crippen LogP contribution in [0.5, 0.6) is 0 Å². The number of rotatable bonds is 7. The van der Waals surface area contributed by atoms with Crippen LogP contribution in [0.25, 0.3) is 0 Å². The van der Waals surface area contributed by atoms with E-state index in [0.29, 0.717) is 11.1 Å². The van der Waals surface area contributed by atoms with E-state index in [1.54, 1.807) is 0 Å². The largest absolute Gasteiger partial charge is 0.381 e. The van der Waals surface area contributed by atoms with E-state index in [4.69, 9.17) is 26.9 Å². The molecule has 4 heterocycles. The average molecular weight is 620 g/mol. The molecule has 7 rings (SSSR count). The van der Waals surface area contributed by atoms with Crippen molar-refractivity contribution >= 4 is 40.6 Å². The molecule has 2 N–H and O–H groups in total. The van der Waals surface area contributed by atoms with E-state index in [0.717, 1.165) is 89.9 Å². The van der Waals surface area contributed by atoms with Crippen LogP contribution in [0.1, 0.15) is 29.5 Å². The minimum Gasteiger partial charge on any atom is -0.381 e. The fourth-order valence-electron chi connectivity index (χ4n) is 6.84. The number of hydrogen-bond donors (Lipinski definition) is 2. The normalized spacial score (nSPS) is 17.8. The Morgan fingerprint density at radius 3 is 2.09 bits per heavy atom. The number of anilines is 4. The van der Waals surface area contributed by atoms with Gasteiger partial charge in [0, 0.05) is 76.2 Å². The molecule has 2 saturated heterocycles. The van der Waals surface area contributed by atoms with Crippen LogP contribution in [0.15, 0.2) is 91.0 Å². The second-order valence-electron chi connectivity index (χ2n) is 12.2. The lowest BCUT2D eigenvalue weighted by Gasteiger charge is -2.38. The van der Waals surface area contributed by atoms with Gasteiger partial charge in [0.15, 0.2) is 5.11 Å². The lowest BCUT2D eigenvalue weighted by Crippen LogP contribution is -2.47. The number of hydrogen-bond acceptors (Lipinski definition) is 7. The van der Waals surface area contributed by atoms with Gasteiger partial charge in [0.05, 0.1) is 0 Å². The molecule has 0 spiro atoms. The van der Waals surface area contributed by atoms with Crippen molar-refractivity contribution < 1.29 is 4.74 Å². The molecule has 232 valence electrons. The van der Waals surface area contributed by atoms with Gasteiger partial charge >= 0.3 is 0 Å². The number of para-hydroxylation sites is 1. The molecule has 0 radical (unpaired) electrons. The van der Waals surface area contributed by atoms with Crippen LogP contribution in [-0.4, -0.2) is 67.6 Å². The Balaban J connectivity index is 1.10. The lowest BCUT2D eigenvalue weighted by atomic mass is 9.74. The number of nitrogens with zero attached hydrogens (tertiary/aromatic N) is 5. The molecular weight excluding hydrogens is 579 g/mol. The number of ether oxygens (including phenoxy) is 1. The predicted octanol–water partition coefficient (Wildman–Crippen LogP) is 5.40. The highest BCUT2D eigenvalue weighted by molar-refractivity contribution is 7.80. The van der Waals surface area contributed by atoms with Gasteiger partial charge in [-0.15, -0.1) is 0 Å². The summed E-state index contributed by atoms with van der Waals surface area (Å²) < 4.78 is 5.74. The van der Waals surface area contributed by atoms with Crippen molar-refractivity contribution in [2.45, 2.75) is 31.2 Å². The van der Waals surface area contributed by atoms with Gasteiger partial charge in [-0.3, -0.25) is 0 Å². The van der Waals surface area contributed by atoms with Crippen molar-refractivity contribution in [2.75, 3.05) is 72.5 Å². The monoisotopic (exact) mass is 619 g/mol. The van der Waals surface area contributed by atoms with Crippen LogP contribution in [0.4, 0.5) is 23.3 Å². The van der Waals surface area contributed by atoms with Gasteiger partial charge in [0.25, 0.3) is 0 Å². The van der Waals surface area contributed by atoms with Gasteiger partial charge in [-0.1, -0.05) is 72.8 Å². The van der Waals surface area contributed by atoms with Gasteiger partial charge in [-0.05, 0) is 60.3 Å². The number of aromatic nitrogens is 2. The van der Waals surface area contributed by atoms with Crippen LogP contribution < -0.4 is 25.3 Å². The van der Waals surface area contributed by atoms with Gasteiger partial charge in [0.2, 0.25) is 5.95 Å². The van der Waals surface area contributed by atoms with Crippen molar-refractivity contribution in [2.24, 2.45) is 0 Å². The Morgan fingerprint density at radius 2 is 1.36 bits per heavy atom. The third-order valence-electron chi connectivity index (χ3n) is 9.53. The zero-order valence-corrected chi connectivity index (χ0v) is 26.5. The van der Waals surface area contributed by atoms with Crippen LogP contribution in [-0.2, 0) is 23.1 Å². The second-order valence-corrected chi connectivity index (χ2v) is 12.6. The van der Waals surface area contributed by atoms with Gasteiger partial charge in [0.1, 0.15) is 11.6 Å². The molecule has 3 aliphatic rings. The second kappa shape index (κ2) is 13.4. The summed E-state index contributed by atoms with van der Waals surface area (Å²) in [5.74, 6) is 2.39. The maximum atomic E-state index is 5.86. The average Bonchev–Trinajstić information content (AvgIpc) is 3.11. The van der Waals surface area contributed by atoms with Crippen LogP contribution in [0.3, 0.4) is 0 Å². The Morgan fingerprint density at radius 1 is 0.733 bits per heavy atom. The van der Waals surface area contributed by atoms with Crippen LogP contribution >= 0.6 is 12.2 Å². The summed E-state index contributed by atoms with van der Waals surface area (Å²) in [7, 11) is 0. The number of thiocarbonyl (C=S) groups is 1. The first kappa shape index (κ1) is 29.5. The highest BCUT2D eigenvalue weighted by Gasteiger charge is 2.34. The minimum absolute atomic E-state index is 0.0290. The van der Waals surface area contributed by atoms with E-state index in [2.05, 4.69) is 116 Å². The van der Waals surface area contributed by atoms with E-state index in [-0.39, 0.29) is 5.41 Å². The van der Waals surface area contributed by atoms with Crippen molar-refractivity contribution in [3.8, 4) is 0 Å². The SMILES string of the molecule is S=C(NCC1(c2ccccc2)CCOCC1)Nc1nc(N2CCN(c3ccccc3)CC2)cc(N2CCc3ccccc3C2)n1. The van der Waals surface area contributed by atoms with Gasteiger partial charge in [-0.2, -0.15) is 9.97 Å². The van der Waals surface area contributed by atoms with Crippen molar-refractivity contribution in [3.63, 3.8) is 0 Å². The molecule has 4 aromatic rings. The molecule has 0 saturated carbocycles. The fraction of sp³-hybridized carbons (Fsp3) is 0.361. The maximum Gasteiger partial charge on any atom is 0.232 e. The molecule has 0 aliphatic carbocycles. The van der Waals surface area contributed by atoms with Gasteiger partial charge < -0.3 is 30.1 Å². The molecule has 0 atom stereocenters. The predicted molar refractivity (Wildman–Crippen MR) is 186 cm³/mol. The van der Waals surface area contributed by atoms with Crippen molar-refractivity contribution in [1.82, 2.24) is 15.3 Å². The number of benzene rings is 3. The third kappa shape index (κ3) is 6.74. The summed E-state index contributed by atoms with van der Waals surface area (Å²) in [5.41, 5.74) is 5.34. The summed E-state index contributed by atoms with van der Waals surface area (Å²) in [5, 5.41) is 7.43. The van der Waals surface area contributed by atoms with Crippen molar-refractivity contribution in [3.05, 3.63) is 108 Å². The summed E-state index contributed by atoms with van der Waals surface area (Å²) in [6, 6.07) is 32.3. The maximum absolute atomic E-state index is 5.86. The first-order valence-electron chi connectivity index (χ1n) is 16.1. The molecule has 8 nitrogen and oxygen atoms in total. The first-order valence-corrected chi connectivity index (χ1v) is 16.5. The smallest absolute Gasteiger partial charge is 0.232 e. The molecule has 0 amide bonds. The van der Waals surface area contributed by atoms with Crippen LogP contribution in [0.2, 0.25) is 0 Å². The van der Waals surface area contributed by atoms with Crippen LogP contribution in [0, 0.1) is 0 Å². The quantitative estimate of drug-likeness (QED) is 0.265. The first-order chi connectivity index (χ1) is 22.1. The summed E-state index contributed by atoms with van der Waals surface area (Å²) >= 11 is 5.86. The number of nitrogens with one attached hydrogen (secondary N) is 2. The third-order valence-corrected chi connectivity index (χ3v) is 9.77. The van der Waals surface area contributed by atoms with Gasteiger partial charge in [-0.25, -0.2) is 0 Å². The molecule has 1 aromatic heterocycles. The Labute approximate surface area is 271 Å². The Bertz CT molecular complexity index is 1590. The standard InChI is InChI=1S/C36H41N7OS/c45-35(37-27-36(16-23-44-24-17-36)30-11-3-1-4-12-30)40-34-38-32(42-21-19-41(20-22-42)31-13-5-2-6-14-31)25-33(39-34)43-18-15-28-9-7-8-10-29(28)26-43/h1-14,25H,15-24,26-27H2,(H2,37,38,39,40,45). The van der Waals surface area contributed by atoms with E-state index >= 15 is 0 Å². The Hall–Kier alpha value is -4.21. The molecular formula is C36H41N7OS. The molecule has 3 aliphatic heterocycles. The van der Waals surface area contributed by atoms with E-state index in [9.17, 15) is 0 Å². The lowest BCUT2D eigenvalue weighted by molar-refractivity contribution is 0.0515. The number of piperazine rings is 1. The molecule has 45 heavy (non-hydrogen) atoms. The molecule has 0 bridgehead atoms. The highest BCUT2D eigenvalue weighted by Crippen LogP contribution is 2.34. The highest BCUT2D eigenvalue weighted by atomic mass is 32.1. The topological polar surface area (TPSA) is 68.8 Å². The van der Waals surface area contributed by atoms with Crippen molar-refractivity contribution in [1.29, 1.82) is 0 Å².